The molecule has 1 atom stereocenters. The summed E-state index contributed by atoms with van der Waals surface area (Å²) in [4.78, 5) is 12.8. The molecule has 0 aliphatic rings. The molecule has 2 rings (SSSR count). The van der Waals surface area contributed by atoms with E-state index in [9.17, 15) is 22.4 Å². The molecule has 23 heavy (non-hydrogen) atoms. The average Bonchev–Trinajstić information content (AvgIpc) is 2.89. The summed E-state index contributed by atoms with van der Waals surface area (Å²) < 4.78 is 52.6. The third-order valence-electron chi connectivity index (χ3n) is 3.21. The highest BCUT2D eigenvalue weighted by atomic mass is 19.4. The summed E-state index contributed by atoms with van der Waals surface area (Å²) in [6.07, 6.45) is -5.85. The molecule has 2 aromatic rings. The van der Waals surface area contributed by atoms with Crippen LogP contribution < -0.4 is 4.90 Å². The fourth-order valence-electron chi connectivity index (χ4n) is 2.03. The van der Waals surface area contributed by atoms with E-state index in [0.717, 1.165) is 10.5 Å². The maximum Gasteiger partial charge on any atom is 0.428 e. The summed E-state index contributed by atoms with van der Waals surface area (Å²) in [6.45, 7) is 1.59. The van der Waals surface area contributed by atoms with E-state index < -0.39 is 18.3 Å². The van der Waals surface area contributed by atoms with Crippen LogP contribution in [0.5, 0.6) is 0 Å². The zero-order chi connectivity index (χ0) is 17.2. The minimum atomic E-state index is -5.24. The van der Waals surface area contributed by atoms with Crippen LogP contribution in [0.15, 0.2) is 36.7 Å². The number of hydrogen-bond acceptors (Lipinski definition) is 2. The van der Waals surface area contributed by atoms with Crippen molar-refractivity contribution in [2.45, 2.75) is 25.8 Å². The third kappa shape index (κ3) is 4.08. The Morgan fingerprint density at radius 1 is 1.30 bits per heavy atom. The largest absolute Gasteiger partial charge is 0.428 e. The molecule has 1 amide bonds. The molecule has 0 aliphatic heterocycles. The molecule has 8 heteroatoms. The van der Waals surface area contributed by atoms with Crippen molar-refractivity contribution in [3.05, 3.63) is 47.8 Å². The van der Waals surface area contributed by atoms with Crippen LogP contribution in [-0.4, -0.2) is 28.0 Å². The van der Waals surface area contributed by atoms with Gasteiger partial charge < -0.3 is 4.90 Å². The lowest BCUT2D eigenvalue weighted by molar-refractivity contribution is -0.185. The van der Waals surface area contributed by atoms with Gasteiger partial charge in [-0.3, -0.25) is 9.48 Å². The van der Waals surface area contributed by atoms with Gasteiger partial charge in [0.05, 0.1) is 12.7 Å². The molecule has 0 saturated heterocycles. The first kappa shape index (κ1) is 17.0. The lowest BCUT2D eigenvalue weighted by atomic mass is 10.2. The Hall–Kier alpha value is -2.38. The maximum atomic E-state index is 13.5. The van der Waals surface area contributed by atoms with Gasteiger partial charge in [-0.15, -0.1) is 0 Å². The molecule has 0 spiro atoms. The highest BCUT2D eigenvalue weighted by Gasteiger charge is 2.47. The highest BCUT2D eigenvalue weighted by Crippen LogP contribution is 2.27. The minimum absolute atomic E-state index is 0.191. The monoisotopic (exact) mass is 329 g/mol. The van der Waals surface area contributed by atoms with Gasteiger partial charge in [0.2, 0.25) is 0 Å². The third-order valence-corrected chi connectivity index (χ3v) is 3.21. The second kappa shape index (κ2) is 6.39. The average molecular weight is 329 g/mol. The van der Waals surface area contributed by atoms with Crippen LogP contribution in [0.1, 0.15) is 11.1 Å². The molecule has 0 radical (unpaired) electrons. The van der Waals surface area contributed by atoms with Crippen LogP contribution in [0.4, 0.5) is 23.2 Å². The number of aromatic nitrogens is 2. The number of benzene rings is 1. The smallest absolute Gasteiger partial charge is 0.305 e. The molecule has 124 valence electrons. The lowest BCUT2D eigenvalue weighted by Gasteiger charge is -2.25. The van der Waals surface area contributed by atoms with Gasteiger partial charge in [0, 0.05) is 24.5 Å². The first-order valence-corrected chi connectivity index (χ1v) is 6.75. The highest BCUT2D eigenvalue weighted by molar-refractivity contribution is 5.96. The second-order valence-electron chi connectivity index (χ2n) is 5.19. The number of halogens is 4. The molecule has 0 saturated carbocycles. The fourth-order valence-corrected chi connectivity index (χ4v) is 2.03. The van der Waals surface area contributed by atoms with Crippen molar-refractivity contribution < 1.29 is 22.4 Å². The zero-order valence-corrected chi connectivity index (χ0v) is 12.5. The Labute approximate surface area is 130 Å². The van der Waals surface area contributed by atoms with Gasteiger partial charge in [0.15, 0.2) is 0 Å². The van der Waals surface area contributed by atoms with Gasteiger partial charge in [-0.1, -0.05) is 17.7 Å². The molecule has 0 bridgehead atoms. The summed E-state index contributed by atoms with van der Waals surface area (Å²) >= 11 is 0. The van der Waals surface area contributed by atoms with Crippen molar-refractivity contribution in [1.82, 2.24) is 9.78 Å². The minimum Gasteiger partial charge on any atom is -0.305 e. The number of aryl methyl sites for hydroxylation is 2. The molecule has 4 nitrogen and oxygen atoms in total. The summed E-state index contributed by atoms with van der Waals surface area (Å²) in [5, 5.41) is 3.89. The van der Waals surface area contributed by atoms with Gasteiger partial charge in [-0.2, -0.15) is 18.3 Å². The van der Waals surface area contributed by atoms with E-state index in [-0.39, 0.29) is 12.2 Å². The fraction of sp³-hybridized carbons (Fsp3) is 0.333. The van der Waals surface area contributed by atoms with Crippen molar-refractivity contribution in [1.29, 1.82) is 0 Å². The Morgan fingerprint density at radius 3 is 2.39 bits per heavy atom. The van der Waals surface area contributed by atoms with E-state index in [1.807, 2.05) is 0 Å². The van der Waals surface area contributed by atoms with Crippen molar-refractivity contribution in [3.8, 4) is 0 Å². The number of nitrogens with zero attached hydrogens (tertiary/aromatic N) is 3. The molecule has 0 aliphatic carbocycles. The normalized spacial score (nSPS) is 13.0. The lowest BCUT2D eigenvalue weighted by Crippen LogP contribution is -2.44. The number of hydrogen-bond donors (Lipinski definition) is 0. The molecule has 1 unspecified atom stereocenters. The van der Waals surface area contributed by atoms with E-state index in [1.165, 1.54) is 23.0 Å². The number of alkyl halides is 4. The second-order valence-corrected chi connectivity index (χ2v) is 5.19. The predicted octanol–water partition coefficient (Wildman–Crippen LogP) is 3.16. The van der Waals surface area contributed by atoms with Crippen LogP contribution in [0.3, 0.4) is 0 Å². The van der Waals surface area contributed by atoms with E-state index >= 15 is 0 Å². The number of anilines is 1. The summed E-state index contributed by atoms with van der Waals surface area (Å²) in [5.41, 5.74) is 1.56. The van der Waals surface area contributed by atoms with Crippen molar-refractivity contribution >= 4 is 11.6 Å². The quantitative estimate of drug-likeness (QED) is 0.808. The Balaban J connectivity index is 2.34. The van der Waals surface area contributed by atoms with Crippen molar-refractivity contribution in [2.75, 3.05) is 4.90 Å². The number of carbonyl (C=O) groups is 1. The standard InChI is InChI=1S/C15H15F4N3O/c1-10-3-5-12(6-4-10)22(9-11-7-20-21(2)8-11)14(23)13(16)15(17,18)19/h3-8,13H,9H2,1-2H3. The molecular formula is C15H15F4N3O. The molecular weight excluding hydrogens is 314 g/mol. The van der Waals surface area contributed by atoms with Crippen LogP contribution in [0, 0.1) is 6.92 Å². The first-order chi connectivity index (χ1) is 10.7. The van der Waals surface area contributed by atoms with E-state index in [0.29, 0.717) is 5.56 Å². The number of carbonyl (C=O) groups excluding carboxylic acids is 1. The topological polar surface area (TPSA) is 38.1 Å². The maximum absolute atomic E-state index is 13.5. The van der Waals surface area contributed by atoms with Gasteiger partial charge in [0.1, 0.15) is 0 Å². The van der Waals surface area contributed by atoms with E-state index in [2.05, 4.69) is 5.10 Å². The molecule has 0 N–H and O–H groups in total. The molecule has 1 heterocycles. The van der Waals surface area contributed by atoms with Gasteiger partial charge in [-0.25, -0.2) is 4.39 Å². The summed E-state index contributed by atoms with van der Waals surface area (Å²) in [6, 6.07) is 6.23. The summed E-state index contributed by atoms with van der Waals surface area (Å²) in [5.74, 6) is -1.65. The van der Waals surface area contributed by atoms with Crippen LogP contribution in [0.2, 0.25) is 0 Å². The van der Waals surface area contributed by atoms with Crippen molar-refractivity contribution in [3.63, 3.8) is 0 Å². The Morgan fingerprint density at radius 2 is 1.91 bits per heavy atom. The SMILES string of the molecule is Cc1ccc(N(Cc2cnn(C)c2)C(=O)C(F)C(F)(F)F)cc1. The first-order valence-electron chi connectivity index (χ1n) is 6.75. The Bertz CT molecular complexity index is 679. The van der Waals surface area contributed by atoms with E-state index in [4.69, 9.17) is 0 Å². The molecule has 0 fully saturated rings. The molecule has 1 aromatic heterocycles. The van der Waals surface area contributed by atoms with Gasteiger partial charge >= 0.3 is 6.18 Å². The molecule has 1 aromatic carbocycles. The van der Waals surface area contributed by atoms with Crippen molar-refractivity contribution in [2.24, 2.45) is 7.05 Å². The van der Waals surface area contributed by atoms with Crippen LogP contribution in [-0.2, 0) is 18.4 Å². The predicted molar refractivity (Wildman–Crippen MR) is 76.5 cm³/mol. The van der Waals surface area contributed by atoms with Crippen LogP contribution >= 0.6 is 0 Å². The summed E-state index contributed by atoms with van der Waals surface area (Å²) in [7, 11) is 1.63. The van der Waals surface area contributed by atoms with Crippen LogP contribution in [0.25, 0.3) is 0 Å². The van der Waals surface area contributed by atoms with Gasteiger partial charge in [-0.05, 0) is 19.1 Å². The number of amides is 1. The zero-order valence-electron chi connectivity index (χ0n) is 12.5. The number of rotatable bonds is 4. The van der Waals surface area contributed by atoms with E-state index in [1.54, 1.807) is 32.3 Å². The Kier molecular flexibility index (Phi) is 4.72. The van der Waals surface area contributed by atoms with Gasteiger partial charge in [0.25, 0.3) is 12.1 Å².